The summed E-state index contributed by atoms with van der Waals surface area (Å²) >= 11 is 0. The molecule has 1 saturated carbocycles. The van der Waals surface area contributed by atoms with Gasteiger partial charge in [-0.2, -0.15) is 0 Å². The van der Waals surface area contributed by atoms with Crippen molar-refractivity contribution in [3.8, 4) is 0 Å². The highest BCUT2D eigenvalue weighted by atomic mass is 16.3. The van der Waals surface area contributed by atoms with Crippen molar-refractivity contribution in [1.82, 2.24) is 10.6 Å². The van der Waals surface area contributed by atoms with E-state index < -0.39 is 11.1 Å². The van der Waals surface area contributed by atoms with Crippen molar-refractivity contribution < 1.29 is 9.90 Å². The first kappa shape index (κ1) is 12.5. The van der Waals surface area contributed by atoms with Gasteiger partial charge in [0.25, 0.3) is 0 Å². The highest BCUT2D eigenvalue weighted by Gasteiger charge is 2.35. The van der Waals surface area contributed by atoms with E-state index in [1.165, 1.54) is 0 Å². The number of carbonyl (C=O) groups excluding carboxylic acids is 1. The zero-order valence-corrected chi connectivity index (χ0v) is 10.1. The second-order valence-corrected chi connectivity index (χ2v) is 5.38. The highest BCUT2D eigenvalue weighted by molar-refractivity contribution is 5.78. The summed E-state index contributed by atoms with van der Waals surface area (Å²) in [5.41, 5.74) is -1.33. The summed E-state index contributed by atoms with van der Waals surface area (Å²) < 4.78 is 0. The number of hydrogen-bond donors (Lipinski definition) is 3. The van der Waals surface area contributed by atoms with Crippen LogP contribution >= 0.6 is 0 Å². The number of aliphatic hydroxyl groups is 1. The smallest absolute Gasteiger partial charge is 0.234 e. The first-order chi connectivity index (χ1) is 6.72. The summed E-state index contributed by atoms with van der Waals surface area (Å²) in [4.78, 5) is 11.4. The quantitative estimate of drug-likeness (QED) is 0.621. The van der Waals surface area contributed by atoms with Crippen LogP contribution in [0.2, 0.25) is 0 Å². The van der Waals surface area contributed by atoms with Gasteiger partial charge in [-0.3, -0.25) is 4.79 Å². The Bertz CT molecular complexity index is 239. The molecule has 0 aromatic carbocycles. The standard InChI is InChI=1S/C11H22N2O2/c1-10(2,11(3,4)15)12-7-9(14)13-8-5-6-8/h8,12,15H,5-7H2,1-4H3,(H,13,14). The predicted octanol–water partition coefficient (Wildman–Crippen LogP) is 0.404. The lowest BCUT2D eigenvalue weighted by Gasteiger charge is -2.38. The van der Waals surface area contributed by atoms with Crippen molar-refractivity contribution in [2.75, 3.05) is 6.54 Å². The number of amides is 1. The van der Waals surface area contributed by atoms with Crippen LogP contribution in [0.25, 0.3) is 0 Å². The van der Waals surface area contributed by atoms with Gasteiger partial charge in [-0.05, 0) is 40.5 Å². The molecule has 0 aliphatic heterocycles. The molecule has 88 valence electrons. The lowest BCUT2D eigenvalue weighted by molar-refractivity contribution is -0.121. The minimum absolute atomic E-state index is 0.00910. The largest absolute Gasteiger partial charge is 0.389 e. The van der Waals surface area contributed by atoms with Gasteiger partial charge in [0.15, 0.2) is 0 Å². The molecule has 0 aromatic heterocycles. The molecule has 1 rings (SSSR count). The van der Waals surface area contributed by atoms with Crippen molar-refractivity contribution in [1.29, 1.82) is 0 Å². The molecule has 0 bridgehead atoms. The summed E-state index contributed by atoms with van der Waals surface area (Å²) in [5.74, 6) is 0.00910. The van der Waals surface area contributed by atoms with Crippen LogP contribution in [0.5, 0.6) is 0 Å². The summed E-state index contributed by atoms with van der Waals surface area (Å²) in [7, 11) is 0. The molecule has 0 unspecified atom stereocenters. The van der Waals surface area contributed by atoms with E-state index in [0.29, 0.717) is 6.04 Å². The molecule has 0 radical (unpaired) electrons. The molecule has 15 heavy (non-hydrogen) atoms. The fourth-order valence-electron chi connectivity index (χ4n) is 1.02. The van der Waals surface area contributed by atoms with Gasteiger partial charge in [-0.15, -0.1) is 0 Å². The van der Waals surface area contributed by atoms with E-state index in [4.69, 9.17) is 0 Å². The third kappa shape index (κ3) is 3.80. The fraction of sp³-hybridized carbons (Fsp3) is 0.909. The maximum Gasteiger partial charge on any atom is 0.234 e. The van der Waals surface area contributed by atoms with E-state index in [1.807, 2.05) is 13.8 Å². The van der Waals surface area contributed by atoms with Gasteiger partial charge in [0.2, 0.25) is 5.91 Å². The fourth-order valence-corrected chi connectivity index (χ4v) is 1.02. The average Bonchev–Trinajstić information content (AvgIpc) is 2.83. The summed E-state index contributed by atoms with van der Waals surface area (Å²) in [6.07, 6.45) is 2.20. The van der Waals surface area contributed by atoms with Crippen LogP contribution in [0.1, 0.15) is 40.5 Å². The number of nitrogens with one attached hydrogen (secondary N) is 2. The second-order valence-electron chi connectivity index (χ2n) is 5.38. The average molecular weight is 214 g/mol. The Hall–Kier alpha value is -0.610. The van der Waals surface area contributed by atoms with Gasteiger partial charge < -0.3 is 15.7 Å². The van der Waals surface area contributed by atoms with Gasteiger partial charge in [0, 0.05) is 11.6 Å². The number of carbonyl (C=O) groups is 1. The Kier molecular flexibility index (Phi) is 3.41. The third-order valence-corrected chi connectivity index (χ3v) is 3.16. The van der Waals surface area contributed by atoms with E-state index in [9.17, 15) is 9.90 Å². The molecule has 0 heterocycles. The molecule has 0 atom stereocenters. The normalized spacial score (nSPS) is 17.7. The molecule has 1 fully saturated rings. The van der Waals surface area contributed by atoms with Crippen molar-refractivity contribution in [2.45, 2.75) is 57.7 Å². The molecular weight excluding hydrogens is 192 g/mol. The van der Waals surface area contributed by atoms with Crippen LogP contribution in [0.4, 0.5) is 0 Å². The summed E-state index contributed by atoms with van der Waals surface area (Å²) in [6, 6.07) is 0.393. The van der Waals surface area contributed by atoms with Crippen LogP contribution in [-0.2, 0) is 4.79 Å². The van der Waals surface area contributed by atoms with Crippen LogP contribution < -0.4 is 10.6 Å². The van der Waals surface area contributed by atoms with Crippen LogP contribution in [0.3, 0.4) is 0 Å². The van der Waals surface area contributed by atoms with Crippen molar-refractivity contribution >= 4 is 5.91 Å². The topological polar surface area (TPSA) is 61.4 Å². The van der Waals surface area contributed by atoms with Gasteiger partial charge in [0.1, 0.15) is 0 Å². The monoisotopic (exact) mass is 214 g/mol. The Morgan fingerprint density at radius 3 is 2.27 bits per heavy atom. The molecule has 0 spiro atoms. The van der Waals surface area contributed by atoms with Gasteiger partial charge in [-0.1, -0.05) is 0 Å². The molecule has 1 amide bonds. The van der Waals surface area contributed by atoms with E-state index in [0.717, 1.165) is 12.8 Å². The van der Waals surface area contributed by atoms with E-state index in [1.54, 1.807) is 13.8 Å². The molecule has 0 saturated heterocycles. The molecule has 0 aromatic rings. The van der Waals surface area contributed by atoms with E-state index in [-0.39, 0.29) is 12.5 Å². The lowest BCUT2D eigenvalue weighted by atomic mass is 9.86. The van der Waals surface area contributed by atoms with Crippen molar-refractivity contribution in [3.05, 3.63) is 0 Å². The van der Waals surface area contributed by atoms with Crippen molar-refractivity contribution in [2.24, 2.45) is 0 Å². The highest BCUT2D eigenvalue weighted by Crippen LogP contribution is 2.20. The molecule has 4 heteroatoms. The zero-order chi connectivity index (χ0) is 11.7. The first-order valence-electron chi connectivity index (χ1n) is 5.49. The van der Waals surface area contributed by atoms with Crippen molar-refractivity contribution in [3.63, 3.8) is 0 Å². The van der Waals surface area contributed by atoms with Crippen LogP contribution in [0.15, 0.2) is 0 Å². The Balaban J connectivity index is 2.31. The number of hydrogen-bond acceptors (Lipinski definition) is 3. The minimum atomic E-state index is -0.854. The van der Waals surface area contributed by atoms with E-state index in [2.05, 4.69) is 10.6 Å². The Morgan fingerprint density at radius 2 is 1.87 bits per heavy atom. The van der Waals surface area contributed by atoms with Gasteiger partial charge in [-0.25, -0.2) is 0 Å². The molecule has 3 N–H and O–H groups in total. The number of rotatable bonds is 5. The molecule has 1 aliphatic carbocycles. The predicted molar refractivity (Wildman–Crippen MR) is 59.5 cm³/mol. The third-order valence-electron chi connectivity index (χ3n) is 3.16. The van der Waals surface area contributed by atoms with Crippen LogP contribution in [0, 0.1) is 0 Å². The summed E-state index contributed by atoms with van der Waals surface area (Å²) in [5, 5.41) is 15.8. The summed E-state index contributed by atoms with van der Waals surface area (Å²) in [6.45, 7) is 7.50. The molecular formula is C11H22N2O2. The first-order valence-corrected chi connectivity index (χ1v) is 5.49. The Labute approximate surface area is 91.4 Å². The molecule has 4 nitrogen and oxygen atoms in total. The van der Waals surface area contributed by atoms with Gasteiger partial charge in [0.05, 0.1) is 12.1 Å². The molecule has 1 aliphatic rings. The minimum Gasteiger partial charge on any atom is -0.389 e. The Morgan fingerprint density at radius 1 is 1.33 bits per heavy atom. The maximum absolute atomic E-state index is 11.4. The zero-order valence-electron chi connectivity index (χ0n) is 10.1. The SMILES string of the molecule is CC(C)(O)C(C)(C)NCC(=O)NC1CC1. The van der Waals surface area contributed by atoms with E-state index >= 15 is 0 Å². The van der Waals surface area contributed by atoms with Gasteiger partial charge >= 0.3 is 0 Å². The maximum atomic E-state index is 11.4. The second kappa shape index (κ2) is 4.10. The van der Waals surface area contributed by atoms with Crippen LogP contribution in [-0.4, -0.2) is 34.7 Å². The lowest BCUT2D eigenvalue weighted by Crippen LogP contribution is -2.57.